The number of rotatable bonds is 28. The first-order chi connectivity index (χ1) is 17.9. The minimum Gasteiger partial charge on any atom is -0.550 e. The highest BCUT2D eigenvalue weighted by Gasteiger charge is 2.13. The van der Waals surface area contributed by atoms with Gasteiger partial charge in [-0.3, -0.25) is 0 Å². The lowest BCUT2D eigenvalue weighted by molar-refractivity contribution is -0.890. The lowest BCUT2D eigenvalue weighted by Gasteiger charge is -2.30. The van der Waals surface area contributed by atoms with E-state index in [2.05, 4.69) is 34.9 Å². The fourth-order valence-corrected chi connectivity index (χ4v) is 5.04. The summed E-state index contributed by atoms with van der Waals surface area (Å²) in [5.41, 5.74) is 0. The third-order valence-electron chi connectivity index (χ3n) is 7.72. The van der Waals surface area contributed by atoms with Crippen LogP contribution in [0.1, 0.15) is 188 Å². The molecule has 224 valence electrons. The maximum Gasteiger partial charge on any atom is 0.0782 e. The smallest absolute Gasteiger partial charge is 0.0782 e. The van der Waals surface area contributed by atoms with E-state index in [4.69, 9.17) is 0 Å². The van der Waals surface area contributed by atoms with Gasteiger partial charge >= 0.3 is 0 Å². The predicted octanol–water partition coefficient (Wildman–Crippen LogP) is 10.0. The summed E-state index contributed by atoms with van der Waals surface area (Å²) < 4.78 is 1.24. The molecule has 0 aliphatic heterocycles. The molecule has 0 amide bonds. The van der Waals surface area contributed by atoms with E-state index in [0.717, 1.165) is 12.8 Å². The monoisotopic (exact) mass is 526 g/mol. The molecule has 0 bridgehead atoms. The largest absolute Gasteiger partial charge is 0.550 e. The van der Waals surface area contributed by atoms with E-state index in [0.29, 0.717) is 0 Å². The van der Waals surface area contributed by atoms with Crippen molar-refractivity contribution in [3.63, 3.8) is 0 Å². The molecule has 0 radical (unpaired) electrons. The van der Waals surface area contributed by atoms with Crippen LogP contribution in [0.4, 0.5) is 0 Å². The zero-order valence-electron chi connectivity index (χ0n) is 26.6. The Kier molecular flexibility index (Phi) is 33.0. The van der Waals surface area contributed by atoms with Crippen LogP contribution in [0.5, 0.6) is 0 Å². The Hall–Kier alpha value is -0.570. The maximum absolute atomic E-state index is 10.1. The van der Waals surface area contributed by atoms with Crippen LogP contribution >= 0.6 is 0 Å². The van der Waals surface area contributed by atoms with Crippen molar-refractivity contribution in [1.82, 2.24) is 0 Å². The molecule has 37 heavy (non-hydrogen) atoms. The minimum atomic E-state index is -0.909. The molecule has 3 nitrogen and oxygen atoms in total. The Morgan fingerprint density at radius 2 is 0.676 bits per heavy atom. The van der Waals surface area contributed by atoms with Gasteiger partial charge in [-0.15, -0.1) is 0 Å². The van der Waals surface area contributed by atoms with Gasteiger partial charge in [-0.2, -0.15) is 0 Å². The van der Waals surface area contributed by atoms with Gasteiger partial charge in [-0.05, 0) is 38.5 Å². The molecule has 0 spiro atoms. The number of carbonyl (C=O) groups excluding carboxylic acids is 1. The highest BCUT2D eigenvalue weighted by Crippen LogP contribution is 2.13. The van der Waals surface area contributed by atoms with E-state index < -0.39 is 5.97 Å². The SMILES string of the molecule is CCCCCCCCCCCC(=O)[O-].CCCCCCCCCC[N+](C)(C)CCCCCCCCCC. The van der Waals surface area contributed by atoms with Crippen molar-refractivity contribution in [1.29, 1.82) is 0 Å². The van der Waals surface area contributed by atoms with Crippen LogP contribution in [-0.2, 0) is 4.79 Å². The number of carboxylic acids is 1. The second kappa shape index (κ2) is 31.6. The van der Waals surface area contributed by atoms with Gasteiger partial charge in [0, 0.05) is 5.97 Å². The number of carboxylic acid groups (broad SMARTS) is 1. The van der Waals surface area contributed by atoms with E-state index >= 15 is 0 Å². The average molecular weight is 526 g/mol. The van der Waals surface area contributed by atoms with Crippen molar-refractivity contribution in [2.45, 2.75) is 188 Å². The van der Waals surface area contributed by atoms with Crippen LogP contribution in [-0.4, -0.2) is 37.6 Å². The van der Waals surface area contributed by atoms with Gasteiger partial charge in [0.2, 0.25) is 0 Å². The molecule has 0 fully saturated rings. The van der Waals surface area contributed by atoms with Crippen LogP contribution in [0.3, 0.4) is 0 Å². The lowest BCUT2D eigenvalue weighted by atomic mass is 10.1. The van der Waals surface area contributed by atoms with Crippen LogP contribution in [0, 0.1) is 0 Å². The summed E-state index contributed by atoms with van der Waals surface area (Å²) >= 11 is 0. The normalized spacial score (nSPS) is 11.4. The molecule has 0 saturated carbocycles. The first-order valence-electron chi connectivity index (χ1n) is 16.9. The van der Waals surface area contributed by atoms with Gasteiger partial charge in [0.15, 0.2) is 0 Å². The highest BCUT2D eigenvalue weighted by molar-refractivity contribution is 5.64. The molecule has 0 rings (SSSR count). The zero-order chi connectivity index (χ0) is 27.9. The van der Waals surface area contributed by atoms with Crippen LogP contribution in [0.2, 0.25) is 0 Å². The van der Waals surface area contributed by atoms with E-state index in [1.165, 1.54) is 165 Å². The van der Waals surface area contributed by atoms with Crippen molar-refractivity contribution in [2.24, 2.45) is 0 Å². The highest BCUT2D eigenvalue weighted by atomic mass is 16.4. The van der Waals surface area contributed by atoms with E-state index in [1.54, 1.807) is 0 Å². The molecular formula is C34H71NO2. The standard InChI is InChI=1S/C22H48N.C12H24O2/c1-5-7-9-11-13-15-17-19-21-23(3,4)22-20-18-16-14-12-10-8-6-2;1-2-3-4-5-6-7-8-9-10-11-12(13)14/h5-22H2,1-4H3;2-11H2,1H3,(H,13,14)/q+1;/p-1. The Morgan fingerprint density at radius 3 is 0.946 bits per heavy atom. The minimum absolute atomic E-state index is 0.232. The molecule has 0 aromatic heterocycles. The Bertz CT molecular complexity index is 414. The second-order valence-electron chi connectivity index (χ2n) is 12.3. The van der Waals surface area contributed by atoms with Crippen molar-refractivity contribution in [3.05, 3.63) is 0 Å². The molecule has 0 aliphatic carbocycles. The van der Waals surface area contributed by atoms with E-state index in [-0.39, 0.29) is 6.42 Å². The predicted molar refractivity (Wildman–Crippen MR) is 164 cm³/mol. The second-order valence-corrected chi connectivity index (χ2v) is 12.3. The first-order valence-corrected chi connectivity index (χ1v) is 16.9. The third-order valence-corrected chi connectivity index (χ3v) is 7.72. The number of carbonyl (C=O) groups is 1. The summed E-state index contributed by atoms with van der Waals surface area (Å²) in [4.78, 5) is 10.1. The lowest BCUT2D eigenvalue weighted by Crippen LogP contribution is -2.41. The molecule has 3 heteroatoms. The summed E-state index contributed by atoms with van der Waals surface area (Å²) in [6, 6.07) is 0. The quantitative estimate of drug-likeness (QED) is 0.0753. The summed E-state index contributed by atoms with van der Waals surface area (Å²) in [5, 5.41) is 10.1. The number of nitrogens with zero attached hydrogens (tertiary/aromatic N) is 1. The van der Waals surface area contributed by atoms with E-state index in [1.807, 2.05) is 0 Å². The van der Waals surface area contributed by atoms with E-state index in [9.17, 15) is 9.90 Å². The molecule has 0 N–H and O–H groups in total. The fourth-order valence-electron chi connectivity index (χ4n) is 5.04. The zero-order valence-corrected chi connectivity index (χ0v) is 26.6. The average Bonchev–Trinajstić information content (AvgIpc) is 2.86. The van der Waals surface area contributed by atoms with Gasteiger partial charge in [0.05, 0.1) is 27.2 Å². The van der Waals surface area contributed by atoms with Crippen molar-refractivity contribution in [2.75, 3.05) is 27.2 Å². The van der Waals surface area contributed by atoms with Crippen LogP contribution in [0.25, 0.3) is 0 Å². The van der Waals surface area contributed by atoms with Gasteiger partial charge in [0.1, 0.15) is 0 Å². The summed E-state index contributed by atoms with van der Waals surface area (Å²) in [7, 11) is 4.87. The van der Waals surface area contributed by atoms with Crippen molar-refractivity contribution in [3.8, 4) is 0 Å². The Labute approximate surface area is 235 Å². The Morgan fingerprint density at radius 1 is 0.432 bits per heavy atom. The summed E-state index contributed by atoms with van der Waals surface area (Å²) in [6.45, 7) is 9.58. The molecule has 0 unspecified atom stereocenters. The number of unbranched alkanes of at least 4 members (excludes halogenated alkanes) is 22. The molecule has 0 aromatic rings. The van der Waals surface area contributed by atoms with Gasteiger partial charge in [0.25, 0.3) is 0 Å². The van der Waals surface area contributed by atoms with Crippen molar-refractivity contribution < 1.29 is 14.4 Å². The Balaban J connectivity index is 0. The maximum atomic E-state index is 10.1. The molecule has 0 aromatic carbocycles. The number of quaternary nitrogens is 1. The topological polar surface area (TPSA) is 40.1 Å². The van der Waals surface area contributed by atoms with Crippen LogP contribution in [0.15, 0.2) is 0 Å². The molecule has 0 heterocycles. The number of aliphatic carboxylic acids is 1. The molecule has 0 atom stereocenters. The van der Waals surface area contributed by atoms with Crippen molar-refractivity contribution >= 4 is 5.97 Å². The van der Waals surface area contributed by atoms with Gasteiger partial charge in [-0.1, -0.05) is 149 Å². The van der Waals surface area contributed by atoms with Gasteiger partial charge < -0.3 is 14.4 Å². The summed E-state index contributed by atoms with van der Waals surface area (Å²) in [6.07, 6.45) is 34.2. The molecular weight excluding hydrogens is 454 g/mol. The van der Waals surface area contributed by atoms with Gasteiger partial charge in [-0.25, -0.2) is 0 Å². The number of hydrogen-bond donors (Lipinski definition) is 0. The first kappa shape index (κ1) is 38.6. The molecule has 0 aliphatic rings. The van der Waals surface area contributed by atoms with Crippen LogP contribution < -0.4 is 5.11 Å². The number of hydrogen-bond acceptors (Lipinski definition) is 2. The molecule has 0 saturated heterocycles. The third kappa shape index (κ3) is 37.6. The summed E-state index contributed by atoms with van der Waals surface area (Å²) in [5.74, 6) is -0.909. The fraction of sp³-hybridized carbons (Fsp3) is 0.971.